The molecule has 1 aromatic carbocycles. The largest absolute Gasteiger partial charge is 0.350 e. The maximum absolute atomic E-state index is 5.98. The number of hydrogen-bond acceptors (Lipinski definition) is 1. The molecular weight excluding hydrogens is 244 g/mol. The topological polar surface area (TPSA) is 17.0 Å². The summed E-state index contributed by atoms with van der Waals surface area (Å²) < 4.78 is 2.18. The first-order valence-electron chi connectivity index (χ1n) is 6.26. The summed E-state index contributed by atoms with van der Waals surface area (Å²) in [7, 11) is 0. The van der Waals surface area contributed by atoms with E-state index in [1.54, 1.807) is 0 Å². The lowest BCUT2D eigenvalue weighted by Crippen LogP contribution is -2.21. The highest BCUT2D eigenvalue weighted by Gasteiger charge is 2.00. The summed E-state index contributed by atoms with van der Waals surface area (Å²) in [6.45, 7) is 6.09. The number of nitrogens with zero attached hydrogens (tertiary/aromatic N) is 1. The third kappa shape index (κ3) is 3.90. The fourth-order valence-electron chi connectivity index (χ4n) is 1.86. The summed E-state index contributed by atoms with van der Waals surface area (Å²) in [5, 5.41) is 4.21. The van der Waals surface area contributed by atoms with Crippen LogP contribution in [0.2, 0.25) is 5.02 Å². The molecule has 0 fully saturated rings. The highest BCUT2D eigenvalue weighted by atomic mass is 35.5. The van der Waals surface area contributed by atoms with Gasteiger partial charge in [-0.3, -0.25) is 0 Å². The van der Waals surface area contributed by atoms with Crippen molar-refractivity contribution >= 4 is 11.6 Å². The SMILES string of the molecule is CC(C)NCc1ccn(Cc2cccc(Cl)c2)c1. The van der Waals surface area contributed by atoms with Crippen LogP contribution >= 0.6 is 11.6 Å². The molecule has 0 unspecified atom stereocenters. The van der Waals surface area contributed by atoms with Crippen LogP contribution in [0.25, 0.3) is 0 Å². The van der Waals surface area contributed by atoms with E-state index in [-0.39, 0.29) is 0 Å². The first kappa shape index (κ1) is 13.2. The van der Waals surface area contributed by atoms with Gasteiger partial charge in [0.25, 0.3) is 0 Å². The van der Waals surface area contributed by atoms with Gasteiger partial charge in [0.15, 0.2) is 0 Å². The number of benzene rings is 1. The third-order valence-corrected chi connectivity index (χ3v) is 3.02. The van der Waals surface area contributed by atoms with E-state index in [0.717, 1.165) is 18.1 Å². The zero-order chi connectivity index (χ0) is 13.0. The van der Waals surface area contributed by atoms with Gasteiger partial charge in [-0.05, 0) is 29.3 Å². The van der Waals surface area contributed by atoms with Crippen molar-refractivity contribution in [1.29, 1.82) is 0 Å². The molecule has 0 atom stereocenters. The molecule has 2 aromatic rings. The molecule has 96 valence electrons. The van der Waals surface area contributed by atoms with E-state index in [4.69, 9.17) is 11.6 Å². The van der Waals surface area contributed by atoms with E-state index in [9.17, 15) is 0 Å². The van der Waals surface area contributed by atoms with E-state index in [1.807, 2.05) is 18.2 Å². The summed E-state index contributed by atoms with van der Waals surface area (Å²) in [6.07, 6.45) is 4.29. The molecule has 0 saturated carbocycles. The molecule has 3 heteroatoms. The van der Waals surface area contributed by atoms with Gasteiger partial charge in [-0.25, -0.2) is 0 Å². The highest BCUT2D eigenvalue weighted by molar-refractivity contribution is 6.30. The number of halogens is 1. The van der Waals surface area contributed by atoms with Crippen LogP contribution in [0, 0.1) is 0 Å². The van der Waals surface area contributed by atoms with Crippen LogP contribution in [0.4, 0.5) is 0 Å². The molecule has 0 amide bonds. The maximum atomic E-state index is 5.98. The summed E-state index contributed by atoms with van der Waals surface area (Å²) >= 11 is 5.98. The van der Waals surface area contributed by atoms with Gasteiger partial charge in [0, 0.05) is 36.5 Å². The first-order chi connectivity index (χ1) is 8.63. The van der Waals surface area contributed by atoms with Crippen LogP contribution in [0.1, 0.15) is 25.0 Å². The molecule has 1 aromatic heterocycles. The van der Waals surface area contributed by atoms with E-state index >= 15 is 0 Å². The van der Waals surface area contributed by atoms with Crippen LogP contribution < -0.4 is 5.32 Å². The van der Waals surface area contributed by atoms with Crippen molar-refractivity contribution in [1.82, 2.24) is 9.88 Å². The second kappa shape index (κ2) is 6.07. The molecule has 0 spiro atoms. The van der Waals surface area contributed by atoms with Gasteiger partial charge in [-0.2, -0.15) is 0 Å². The number of nitrogens with one attached hydrogen (secondary N) is 1. The Hall–Kier alpha value is -1.25. The molecule has 18 heavy (non-hydrogen) atoms. The average molecular weight is 263 g/mol. The number of hydrogen-bond donors (Lipinski definition) is 1. The third-order valence-electron chi connectivity index (χ3n) is 2.78. The van der Waals surface area contributed by atoms with Crippen molar-refractivity contribution in [2.24, 2.45) is 0 Å². The van der Waals surface area contributed by atoms with E-state index in [1.165, 1.54) is 11.1 Å². The van der Waals surface area contributed by atoms with Gasteiger partial charge in [0.2, 0.25) is 0 Å². The van der Waals surface area contributed by atoms with Crippen LogP contribution in [0.5, 0.6) is 0 Å². The molecule has 1 N–H and O–H groups in total. The van der Waals surface area contributed by atoms with Gasteiger partial charge >= 0.3 is 0 Å². The molecule has 0 aliphatic carbocycles. The fraction of sp³-hybridized carbons (Fsp3) is 0.333. The summed E-state index contributed by atoms with van der Waals surface area (Å²) in [4.78, 5) is 0. The normalized spacial score (nSPS) is 11.1. The molecule has 0 aliphatic heterocycles. The zero-order valence-electron chi connectivity index (χ0n) is 10.9. The van der Waals surface area contributed by atoms with Crippen molar-refractivity contribution in [3.63, 3.8) is 0 Å². The van der Waals surface area contributed by atoms with Crippen LogP contribution in [-0.4, -0.2) is 10.6 Å². The Kier molecular flexibility index (Phi) is 4.45. The summed E-state index contributed by atoms with van der Waals surface area (Å²) in [6, 6.07) is 10.7. The van der Waals surface area contributed by atoms with E-state index in [0.29, 0.717) is 6.04 Å². The molecule has 2 nitrogen and oxygen atoms in total. The molecule has 0 radical (unpaired) electrons. The average Bonchev–Trinajstić information content (AvgIpc) is 2.74. The molecule has 0 aliphatic rings. The smallest absolute Gasteiger partial charge is 0.0470 e. The predicted octanol–water partition coefficient (Wildman–Crippen LogP) is 3.69. The predicted molar refractivity (Wildman–Crippen MR) is 77.0 cm³/mol. The lowest BCUT2D eigenvalue weighted by atomic mass is 10.2. The highest BCUT2D eigenvalue weighted by Crippen LogP contribution is 2.12. The monoisotopic (exact) mass is 262 g/mol. The quantitative estimate of drug-likeness (QED) is 0.870. The molecular formula is C15H19ClN2. The zero-order valence-corrected chi connectivity index (χ0v) is 11.6. The van der Waals surface area contributed by atoms with Crippen LogP contribution in [0.3, 0.4) is 0 Å². The molecule has 1 heterocycles. The lowest BCUT2D eigenvalue weighted by Gasteiger charge is -2.06. The van der Waals surface area contributed by atoms with Gasteiger partial charge in [0.1, 0.15) is 0 Å². The Bertz CT molecular complexity index is 503. The second-order valence-corrected chi connectivity index (χ2v) is 5.29. The van der Waals surface area contributed by atoms with Crippen molar-refractivity contribution in [2.45, 2.75) is 33.0 Å². The molecule has 2 rings (SSSR count). The van der Waals surface area contributed by atoms with Gasteiger partial charge in [0.05, 0.1) is 0 Å². The number of aromatic nitrogens is 1. The van der Waals surface area contributed by atoms with Crippen LogP contribution in [-0.2, 0) is 13.1 Å². The molecule has 0 saturated heterocycles. The minimum atomic E-state index is 0.515. The Morgan fingerprint density at radius 3 is 2.78 bits per heavy atom. The van der Waals surface area contributed by atoms with E-state index < -0.39 is 0 Å². The van der Waals surface area contributed by atoms with Crippen LogP contribution in [0.15, 0.2) is 42.7 Å². The lowest BCUT2D eigenvalue weighted by molar-refractivity contribution is 0.588. The van der Waals surface area contributed by atoms with Crippen molar-refractivity contribution in [3.8, 4) is 0 Å². The Morgan fingerprint density at radius 2 is 2.06 bits per heavy atom. The standard InChI is InChI=1S/C15H19ClN2/c1-12(2)17-9-14-6-7-18(11-14)10-13-4-3-5-15(16)8-13/h3-8,11-12,17H,9-10H2,1-2H3. The summed E-state index contributed by atoms with van der Waals surface area (Å²) in [5.74, 6) is 0. The van der Waals surface area contributed by atoms with Gasteiger partial charge in [-0.1, -0.05) is 37.6 Å². The second-order valence-electron chi connectivity index (χ2n) is 4.86. The maximum Gasteiger partial charge on any atom is 0.0470 e. The van der Waals surface area contributed by atoms with Crippen molar-refractivity contribution in [3.05, 3.63) is 58.9 Å². The van der Waals surface area contributed by atoms with Gasteiger partial charge < -0.3 is 9.88 Å². The Balaban J connectivity index is 1.98. The van der Waals surface area contributed by atoms with Crippen molar-refractivity contribution < 1.29 is 0 Å². The number of rotatable bonds is 5. The first-order valence-corrected chi connectivity index (χ1v) is 6.64. The Morgan fingerprint density at radius 1 is 1.22 bits per heavy atom. The van der Waals surface area contributed by atoms with Gasteiger partial charge in [-0.15, -0.1) is 0 Å². The minimum absolute atomic E-state index is 0.515. The van der Waals surface area contributed by atoms with Crippen molar-refractivity contribution in [2.75, 3.05) is 0 Å². The molecule has 0 bridgehead atoms. The van der Waals surface area contributed by atoms with E-state index in [2.05, 4.69) is 48.3 Å². The Labute approximate surface area is 114 Å². The summed E-state index contributed by atoms with van der Waals surface area (Å²) in [5.41, 5.74) is 2.53. The fourth-order valence-corrected chi connectivity index (χ4v) is 2.07. The minimum Gasteiger partial charge on any atom is -0.350 e.